The molecule has 0 aliphatic carbocycles. The van der Waals surface area contributed by atoms with E-state index in [0.717, 1.165) is 22.0 Å². The highest BCUT2D eigenvalue weighted by molar-refractivity contribution is 5.94. The molecule has 9 nitrogen and oxygen atoms in total. The fraction of sp³-hybridized carbons (Fsp3) is 0.379. The third kappa shape index (κ3) is 7.44. The number of carbonyl (C=O) groups is 4. The first kappa shape index (κ1) is 28.4. The topological polar surface area (TPSA) is 107 Å². The van der Waals surface area contributed by atoms with Gasteiger partial charge in [-0.1, -0.05) is 62.4 Å². The van der Waals surface area contributed by atoms with Gasteiger partial charge in [0.25, 0.3) is 0 Å². The average Bonchev–Trinajstić information content (AvgIpc) is 3.27. The lowest BCUT2D eigenvalue weighted by atomic mass is 10.0. The van der Waals surface area contributed by atoms with Gasteiger partial charge in [-0.2, -0.15) is 0 Å². The van der Waals surface area contributed by atoms with E-state index in [-0.39, 0.29) is 38.1 Å². The van der Waals surface area contributed by atoms with Crippen LogP contribution in [0.3, 0.4) is 0 Å². The number of esters is 1. The molecular formula is C29H35N3O6. The molecule has 1 atom stereocenters. The van der Waals surface area contributed by atoms with Gasteiger partial charge in [0.15, 0.2) is 0 Å². The number of alkyl carbamates (subject to hydrolysis) is 1. The van der Waals surface area contributed by atoms with Crippen molar-refractivity contribution in [2.45, 2.75) is 46.8 Å². The van der Waals surface area contributed by atoms with Crippen molar-refractivity contribution < 1.29 is 28.7 Å². The predicted octanol–water partition coefficient (Wildman–Crippen LogP) is 4.19. The van der Waals surface area contributed by atoms with Crippen LogP contribution in [0.15, 0.2) is 60.8 Å². The van der Waals surface area contributed by atoms with Crippen molar-refractivity contribution >= 4 is 34.8 Å². The Labute approximate surface area is 222 Å². The summed E-state index contributed by atoms with van der Waals surface area (Å²) in [5.41, 5.74) is 2.47. The van der Waals surface area contributed by atoms with Crippen molar-refractivity contribution in [3.8, 4) is 0 Å². The molecule has 1 heterocycles. The van der Waals surface area contributed by atoms with Gasteiger partial charge in [0.1, 0.15) is 19.2 Å². The van der Waals surface area contributed by atoms with Crippen LogP contribution in [0.2, 0.25) is 0 Å². The third-order valence-corrected chi connectivity index (χ3v) is 6.14. The summed E-state index contributed by atoms with van der Waals surface area (Å²) < 4.78 is 12.0. The fourth-order valence-electron chi connectivity index (χ4n) is 4.20. The molecule has 38 heavy (non-hydrogen) atoms. The van der Waals surface area contributed by atoms with Gasteiger partial charge < -0.3 is 19.7 Å². The predicted molar refractivity (Wildman–Crippen MR) is 144 cm³/mol. The van der Waals surface area contributed by atoms with Crippen molar-refractivity contribution in [1.29, 1.82) is 0 Å². The summed E-state index contributed by atoms with van der Waals surface area (Å²) in [5.74, 6) is -1.35. The molecule has 2 aromatic carbocycles. The van der Waals surface area contributed by atoms with Gasteiger partial charge in [0.2, 0.25) is 11.8 Å². The maximum absolute atomic E-state index is 13.6. The van der Waals surface area contributed by atoms with Gasteiger partial charge >= 0.3 is 12.1 Å². The molecule has 9 heteroatoms. The smallest absolute Gasteiger partial charge is 0.408 e. The Kier molecular flexibility index (Phi) is 10.0. The first-order valence-electron chi connectivity index (χ1n) is 12.7. The Morgan fingerprint density at radius 2 is 1.66 bits per heavy atom. The van der Waals surface area contributed by atoms with E-state index in [4.69, 9.17) is 9.47 Å². The first-order chi connectivity index (χ1) is 18.2. The van der Waals surface area contributed by atoms with Crippen molar-refractivity contribution in [3.63, 3.8) is 0 Å². The zero-order valence-corrected chi connectivity index (χ0v) is 22.3. The second-order valence-electron chi connectivity index (χ2n) is 9.30. The third-order valence-electron chi connectivity index (χ3n) is 6.14. The van der Waals surface area contributed by atoms with Crippen LogP contribution in [0.1, 0.15) is 43.6 Å². The van der Waals surface area contributed by atoms with Gasteiger partial charge in [-0.05, 0) is 36.5 Å². The van der Waals surface area contributed by atoms with Gasteiger partial charge in [-0.3, -0.25) is 19.0 Å². The van der Waals surface area contributed by atoms with E-state index in [1.165, 1.54) is 11.8 Å². The highest BCUT2D eigenvalue weighted by Crippen LogP contribution is 2.22. The molecule has 0 bridgehead atoms. The van der Waals surface area contributed by atoms with E-state index in [1.807, 2.05) is 68.4 Å². The number of benzene rings is 2. The van der Waals surface area contributed by atoms with Crippen LogP contribution in [0.5, 0.6) is 0 Å². The standard InChI is InChI=1S/C29H35N3O6/c1-5-37-26(34)18-31(16-15-23-17-32(21(4)33)25-14-10-9-13-24(23)25)28(35)27(20(2)3)30-29(36)38-19-22-11-7-6-8-12-22/h6-14,17,20,27H,5,15-16,18-19H2,1-4H3,(H,30,36)/t27-/m0/s1. The largest absolute Gasteiger partial charge is 0.465 e. The lowest BCUT2D eigenvalue weighted by Gasteiger charge is -2.29. The number of para-hydroxylation sites is 1. The molecule has 0 unspecified atom stereocenters. The summed E-state index contributed by atoms with van der Waals surface area (Å²) in [4.78, 5) is 52.1. The molecule has 0 radical (unpaired) electrons. The minimum absolute atomic E-state index is 0.0679. The quantitative estimate of drug-likeness (QED) is 0.379. The molecule has 0 aliphatic rings. The molecule has 0 saturated carbocycles. The number of amides is 2. The highest BCUT2D eigenvalue weighted by atomic mass is 16.5. The molecular weight excluding hydrogens is 486 g/mol. The van der Waals surface area contributed by atoms with Crippen molar-refractivity contribution in [1.82, 2.24) is 14.8 Å². The minimum Gasteiger partial charge on any atom is -0.465 e. The lowest BCUT2D eigenvalue weighted by Crippen LogP contribution is -2.53. The fourth-order valence-corrected chi connectivity index (χ4v) is 4.20. The van der Waals surface area contributed by atoms with Crippen LogP contribution in [-0.4, -0.2) is 59.1 Å². The van der Waals surface area contributed by atoms with E-state index in [1.54, 1.807) is 17.7 Å². The molecule has 1 aromatic heterocycles. The van der Waals surface area contributed by atoms with Crippen LogP contribution in [-0.2, 0) is 32.1 Å². The number of aromatic nitrogens is 1. The summed E-state index contributed by atoms with van der Waals surface area (Å²) in [5, 5.41) is 3.56. The van der Waals surface area contributed by atoms with Gasteiger partial charge in [0.05, 0.1) is 12.1 Å². The summed E-state index contributed by atoms with van der Waals surface area (Å²) in [6.45, 7) is 6.98. The summed E-state index contributed by atoms with van der Waals surface area (Å²) in [7, 11) is 0. The van der Waals surface area contributed by atoms with E-state index in [0.29, 0.717) is 6.42 Å². The summed E-state index contributed by atoms with van der Waals surface area (Å²) in [6, 6.07) is 15.8. The molecule has 2 amide bonds. The Hall–Kier alpha value is -4.14. The molecule has 1 N–H and O–H groups in total. The van der Waals surface area contributed by atoms with E-state index in [2.05, 4.69) is 5.32 Å². The Morgan fingerprint density at radius 1 is 0.974 bits per heavy atom. The zero-order chi connectivity index (χ0) is 27.7. The molecule has 3 aromatic rings. The number of carbonyl (C=O) groups excluding carboxylic acids is 4. The van der Waals surface area contributed by atoms with E-state index < -0.39 is 24.0 Å². The second kappa shape index (κ2) is 13.4. The lowest BCUT2D eigenvalue weighted by molar-refractivity contribution is -0.149. The Bertz CT molecular complexity index is 1270. The van der Waals surface area contributed by atoms with Crippen LogP contribution in [0.4, 0.5) is 4.79 Å². The summed E-state index contributed by atoms with van der Waals surface area (Å²) in [6.07, 6.45) is 1.44. The molecule has 0 fully saturated rings. The van der Waals surface area contributed by atoms with Gasteiger partial charge in [-0.15, -0.1) is 0 Å². The monoisotopic (exact) mass is 521 g/mol. The number of fused-ring (bicyclic) bond motifs is 1. The number of nitrogens with zero attached hydrogens (tertiary/aromatic N) is 2. The molecule has 202 valence electrons. The minimum atomic E-state index is -0.911. The van der Waals surface area contributed by atoms with Crippen LogP contribution < -0.4 is 5.32 Å². The first-order valence-corrected chi connectivity index (χ1v) is 12.7. The average molecular weight is 522 g/mol. The van der Waals surface area contributed by atoms with E-state index >= 15 is 0 Å². The molecule has 0 saturated heterocycles. The number of rotatable bonds is 11. The highest BCUT2D eigenvalue weighted by Gasteiger charge is 2.31. The normalized spacial score (nSPS) is 11.7. The number of nitrogens with one attached hydrogen (secondary N) is 1. The van der Waals surface area contributed by atoms with Crippen molar-refractivity contribution in [2.24, 2.45) is 5.92 Å². The molecule has 0 aliphatic heterocycles. The Morgan fingerprint density at radius 3 is 2.32 bits per heavy atom. The van der Waals surface area contributed by atoms with Crippen molar-refractivity contribution in [2.75, 3.05) is 19.7 Å². The van der Waals surface area contributed by atoms with Crippen LogP contribution in [0, 0.1) is 5.92 Å². The molecule has 0 spiro atoms. The molecule has 3 rings (SSSR count). The zero-order valence-electron chi connectivity index (χ0n) is 22.3. The van der Waals surface area contributed by atoms with Gasteiger partial charge in [-0.25, -0.2) is 4.79 Å². The number of hydrogen-bond acceptors (Lipinski definition) is 6. The maximum atomic E-state index is 13.6. The number of ether oxygens (including phenoxy) is 2. The summed E-state index contributed by atoms with van der Waals surface area (Å²) >= 11 is 0. The SMILES string of the molecule is CCOC(=O)CN(CCc1cn(C(C)=O)c2ccccc12)C(=O)[C@@H](NC(=O)OCc1ccccc1)C(C)C. The Balaban J connectivity index is 1.76. The number of hydrogen-bond donors (Lipinski definition) is 1. The van der Waals surface area contributed by atoms with Crippen LogP contribution in [0.25, 0.3) is 10.9 Å². The van der Waals surface area contributed by atoms with Crippen molar-refractivity contribution in [3.05, 3.63) is 71.9 Å². The second-order valence-corrected chi connectivity index (χ2v) is 9.30. The van der Waals surface area contributed by atoms with Crippen LogP contribution >= 0.6 is 0 Å². The van der Waals surface area contributed by atoms with E-state index in [9.17, 15) is 19.2 Å². The maximum Gasteiger partial charge on any atom is 0.408 e. The van der Waals surface area contributed by atoms with Gasteiger partial charge in [0, 0.05) is 25.1 Å².